The first kappa shape index (κ1) is 15.2. The molecule has 0 radical (unpaired) electrons. The van der Waals surface area contributed by atoms with Crippen molar-refractivity contribution in [2.24, 2.45) is 0 Å². The number of sulfone groups is 1. The van der Waals surface area contributed by atoms with Crippen molar-refractivity contribution >= 4 is 43.0 Å². The molecule has 0 unspecified atom stereocenters. The minimum atomic E-state index is -3.23. The SMILES string of the molecule is CS(=O)(=O)c1ccc(C(=O)NCc2sccc2Br)cc1. The van der Waals surface area contributed by atoms with Crippen molar-refractivity contribution in [3.05, 3.63) is 50.6 Å². The van der Waals surface area contributed by atoms with Gasteiger partial charge in [0.15, 0.2) is 9.84 Å². The van der Waals surface area contributed by atoms with Crippen LogP contribution in [0.2, 0.25) is 0 Å². The maximum Gasteiger partial charge on any atom is 0.251 e. The molecule has 0 spiro atoms. The molecule has 1 aromatic carbocycles. The molecule has 0 bridgehead atoms. The van der Waals surface area contributed by atoms with Gasteiger partial charge >= 0.3 is 0 Å². The zero-order valence-electron chi connectivity index (χ0n) is 10.6. The molecule has 1 amide bonds. The lowest BCUT2D eigenvalue weighted by atomic mass is 10.2. The normalized spacial score (nSPS) is 11.3. The van der Waals surface area contributed by atoms with Crippen molar-refractivity contribution in [1.82, 2.24) is 5.32 Å². The number of halogens is 1. The van der Waals surface area contributed by atoms with Crippen LogP contribution in [-0.4, -0.2) is 20.6 Å². The molecule has 1 heterocycles. The number of hydrogen-bond donors (Lipinski definition) is 1. The summed E-state index contributed by atoms with van der Waals surface area (Å²) in [5.74, 6) is -0.231. The molecule has 0 saturated heterocycles. The van der Waals surface area contributed by atoms with E-state index in [1.54, 1.807) is 11.3 Å². The summed E-state index contributed by atoms with van der Waals surface area (Å²) in [5.41, 5.74) is 0.435. The number of carbonyl (C=O) groups is 1. The molecule has 4 nitrogen and oxygen atoms in total. The van der Waals surface area contributed by atoms with E-state index < -0.39 is 9.84 Å². The van der Waals surface area contributed by atoms with Gasteiger partial charge in [-0.2, -0.15) is 0 Å². The fourth-order valence-electron chi connectivity index (χ4n) is 1.57. The van der Waals surface area contributed by atoms with E-state index in [-0.39, 0.29) is 10.8 Å². The van der Waals surface area contributed by atoms with E-state index in [1.807, 2.05) is 11.4 Å². The van der Waals surface area contributed by atoms with Gasteiger partial charge in [0.2, 0.25) is 0 Å². The zero-order valence-corrected chi connectivity index (χ0v) is 13.8. The van der Waals surface area contributed by atoms with E-state index in [1.165, 1.54) is 24.3 Å². The highest BCUT2D eigenvalue weighted by atomic mass is 79.9. The lowest BCUT2D eigenvalue weighted by Gasteiger charge is -2.05. The summed E-state index contributed by atoms with van der Waals surface area (Å²) in [4.78, 5) is 13.2. The molecule has 20 heavy (non-hydrogen) atoms. The fourth-order valence-corrected chi connectivity index (χ4v) is 3.63. The third kappa shape index (κ3) is 3.68. The van der Waals surface area contributed by atoms with Crippen LogP contribution in [-0.2, 0) is 16.4 Å². The van der Waals surface area contributed by atoms with Crippen LogP contribution in [0.25, 0.3) is 0 Å². The molecule has 0 fully saturated rings. The number of amides is 1. The van der Waals surface area contributed by atoms with Gasteiger partial charge in [-0.05, 0) is 51.6 Å². The van der Waals surface area contributed by atoms with E-state index in [0.717, 1.165) is 15.6 Å². The van der Waals surface area contributed by atoms with Gasteiger partial charge in [-0.25, -0.2) is 8.42 Å². The molecule has 0 aliphatic heterocycles. The molecule has 1 N–H and O–H groups in total. The van der Waals surface area contributed by atoms with Crippen molar-refractivity contribution in [2.75, 3.05) is 6.26 Å². The number of nitrogens with one attached hydrogen (secondary N) is 1. The first-order chi connectivity index (χ1) is 9.38. The molecule has 106 valence electrons. The number of thiophene rings is 1. The van der Waals surface area contributed by atoms with Crippen molar-refractivity contribution in [3.8, 4) is 0 Å². The summed E-state index contributed by atoms with van der Waals surface area (Å²) < 4.78 is 23.6. The molecule has 0 aliphatic carbocycles. The van der Waals surface area contributed by atoms with Gasteiger partial charge in [0.1, 0.15) is 0 Å². The molecule has 0 saturated carbocycles. The summed E-state index contributed by atoms with van der Waals surface area (Å²) in [6, 6.07) is 7.81. The van der Waals surface area contributed by atoms with Gasteiger partial charge < -0.3 is 5.32 Å². The monoisotopic (exact) mass is 373 g/mol. The summed E-state index contributed by atoms with van der Waals surface area (Å²) in [7, 11) is -3.23. The lowest BCUT2D eigenvalue weighted by molar-refractivity contribution is 0.0951. The van der Waals surface area contributed by atoms with E-state index >= 15 is 0 Å². The van der Waals surface area contributed by atoms with Crippen molar-refractivity contribution in [2.45, 2.75) is 11.4 Å². The Bertz CT molecular complexity index is 720. The van der Waals surface area contributed by atoms with Crippen LogP contribution >= 0.6 is 27.3 Å². The number of benzene rings is 1. The van der Waals surface area contributed by atoms with E-state index in [0.29, 0.717) is 12.1 Å². The van der Waals surface area contributed by atoms with Gasteiger partial charge in [0.25, 0.3) is 5.91 Å². The Morgan fingerprint density at radius 3 is 2.40 bits per heavy atom. The van der Waals surface area contributed by atoms with Gasteiger partial charge in [-0.3, -0.25) is 4.79 Å². The van der Waals surface area contributed by atoms with Gasteiger partial charge in [0.05, 0.1) is 11.4 Å². The summed E-state index contributed by atoms with van der Waals surface area (Å²) in [5, 5.41) is 4.73. The third-order valence-corrected chi connectivity index (χ3v) is 5.70. The van der Waals surface area contributed by atoms with E-state index in [2.05, 4.69) is 21.2 Å². The molecule has 0 aliphatic rings. The van der Waals surface area contributed by atoms with Crippen LogP contribution in [0.3, 0.4) is 0 Å². The van der Waals surface area contributed by atoms with Crippen molar-refractivity contribution in [3.63, 3.8) is 0 Å². The Morgan fingerprint density at radius 2 is 1.90 bits per heavy atom. The second-order valence-electron chi connectivity index (χ2n) is 4.17. The predicted molar refractivity (Wildman–Crippen MR) is 82.7 cm³/mol. The van der Waals surface area contributed by atoms with Crippen LogP contribution in [0.1, 0.15) is 15.2 Å². The topological polar surface area (TPSA) is 63.2 Å². The van der Waals surface area contributed by atoms with Gasteiger partial charge in [-0.1, -0.05) is 0 Å². The lowest BCUT2D eigenvalue weighted by Crippen LogP contribution is -2.22. The zero-order chi connectivity index (χ0) is 14.8. The fraction of sp³-hybridized carbons (Fsp3) is 0.154. The number of rotatable bonds is 4. The second kappa shape index (κ2) is 6.07. The molecule has 2 rings (SSSR count). The molecular weight excluding hydrogens is 362 g/mol. The highest BCUT2D eigenvalue weighted by molar-refractivity contribution is 9.10. The smallest absolute Gasteiger partial charge is 0.251 e. The molecule has 0 atom stereocenters. The van der Waals surface area contributed by atoms with Crippen molar-refractivity contribution in [1.29, 1.82) is 0 Å². The molecular formula is C13H12BrNO3S2. The largest absolute Gasteiger partial charge is 0.347 e. The van der Waals surface area contributed by atoms with Crippen LogP contribution in [0.4, 0.5) is 0 Å². The Kier molecular flexibility index (Phi) is 4.62. The highest BCUT2D eigenvalue weighted by Gasteiger charge is 2.10. The predicted octanol–water partition coefficient (Wildman–Crippen LogP) is 2.84. The van der Waals surface area contributed by atoms with Crippen LogP contribution in [0.5, 0.6) is 0 Å². The summed E-state index contributed by atoms with van der Waals surface area (Å²) in [6.45, 7) is 0.435. The average molecular weight is 374 g/mol. The quantitative estimate of drug-likeness (QED) is 0.895. The Morgan fingerprint density at radius 1 is 1.25 bits per heavy atom. The van der Waals surface area contributed by atoms with Gasteiger partial charge in [0, 0.05) is 21.2 Å². The minimum Gasteiger partial charge on any atom is -0.347 e. The maximum atomic E-state index is 11.9. The first-order valence-electron chi connectivity index (χ1n) is 5.68. The minimum absolute atomic E-state index is 0.204. The molecule has 7 heteroatoms. The Hall–Kier alpha value is -1.18. The summed E-state index contributed by atoms with van der Waals surface area (Å²) >= 11 is 4.95. The average Bonchev–Trinajstić information content (AvgIpc) is 2.81. The second-order valence-corrected chi connectivity index (χ2v) is 8.04. The van der Waals surface area contributed by atoms with Crippen LogP contribution in [0.15, 0.2) is 45.1 Å². The summed E-state index contributed by atoms with van der Waals surface area (Å²) in [6.07, 6.45) is 1.14. The number of hydrogen-bond acceptors (Lipinski definition) is 4. The molecule has 1 aromatic heterocycles. The molecule has 2 aromatic rings. The highest BCUT2D eigenvalue weighted by Crippen LogP contribution is 2.22. The number of carbonyl (C=O) groups excluding carboxylic acids is 1. The first-order valence-corrected chi connectivity index (χ1v) is 9.24. The van der Waals surface area contributed by atoms with Crippen LogP contribution < -0.4 is 5.32 Å². The Labute approximate surface area is 129 Å². The standard InChI is InChI=1S/C13H12BrNO3S2/c1-20(17,18)10-4-2-9(3-5-10)13(16)15-8-12-11(14)6-7-19-12/h2-7H,8H2,1H3,(H,15,16). The third-order valence-electron chi connectivity index (χ3n) is 2.65. The van der Waals surface area contributed by atoms with Crippen LogP contribution in [0, 0.1) is 0 Å². The van der Waals surface area contributed by atoms with Crippen molar-refractivity contribution < 1.29 is 13.2 Å². The van der Waals surface area contributed by atoms with E-state index in [4.69, 9.17) is 0 Å². The Balaban J connectivity index is 2.05. The van der Waals surface area contributed by atoms with E-state index in [9.17, 15) is 13.2 Å². The van der Waals surface area contributed by atoms with Gasteiger partial charge in [-0.15, -0.1) is 11.3 Å². The maximum absolute atomic E-state index is 11.9.